The first-order valence-electron chi connectivity index (χ1n) is 9.50. The lowest BCUT2D eigenvalue weighted by atomic mass is 9.86. The van der Waals surface area contributed by atoms with Crippen molar-refractivity contribution in [3.05, 3.63) is 29.8 Å². The summed E-state index contributed by atoms with van der Waals surface area (Å²) in [6.45, 7) is 9.41. The third kappa shape index (κ3) is 7.28. The SMILES string of the molecule is CC(C)NC(=O)c1ccc(NC[C@H]2CC[C@H](NSC(C)C)CC2)cc1. The van der Waals surface area contributed by atoms with E-state index >= 15 is 0 Å². The van der Waals surface area contributed by atoms with E-state index in [9.17, 15) is 4.79 Å². The van der Waals surface area contributed by atoms with E-state index in [1.54, 1.807) is 0 Å². The summed E-state index contributed by atoms with van der Waals surface area (Å²) in [6.07, 6.45) is 5.08. The average Bonchev–Trinajstić information content (AvgIpc) is 2.59. The average molecular weight is 364 g/mol. The third-order valence-corrected chi connectivity index (χ3v) is 5.42. The molecule has 140 valence electrons. The molecule has 0 spiro atoms. The van der Waals surface area contributed by atoms with Crippen LogP contribution in [0.25, 0.3) is 0 Å². The fraction of sp³-hybridized carbons (Fsp3) is 0.650. The van der Waals surface area contributed by atoms with E-state index in [-0.39, 0.29) is 11.9 Å². The zero-order valence-corrected chi connectivity index (χ0v) is 16.8. The van der Waals surface area contributed by atoms with Crippen molar-refractivity contribution in [2.75, 3.05) is 11.9 Å². The van der Waals surface area contributed by atoms with Gasteiger partial charge in [-0.2, -0.15) is 0 Å². The van der Waals surface area contributed by atoms with Gasteiger partial charge < -0.3 is 10.6 Å². The second-order valence-electron chi connectivity index (χ2n) is 7.59. The lowest BCUT2D eigenvalue weighted by molar-refractivity contribution is 0.0943. The van der Waals surface area contributed by atoms with Gasteiger partial charge in [0.05, 0.1) is 0 Å². The summed E-state index contributed by atoms with van der Waals surface area (Å²) in [4.78, 5) is 12.0. The molecular weight excluding hydrogens is 330 g/mol. The van der Waals surface area contributed by atoms with Crippen LogP contribution in [0.1, 0.15) is 63.7 Å². The van der Waals surface area contributed by atoms with E-state index in [4.69, 9.17) is 0 Å². The molecule has 3 N–H and O–H groups in total. The van der Waals surface area contributed by atoms with Crippen LogP contribution in [0.3, 0.4) is 0 Å². The van der Waals surface area contributed by atoms with Crippen LogP contribution in [0.4, 0.5) is 5.69 Å². The zero-order valence-electron chi connectivity index (χ0n) is 16.0. The topological polar surface area (TPSA) is 53.2 Å². The molecule has 1 aromatic carbocycles. The van der Waals surface area contributed by atoms with Gasteiger partial charge in [-0.3, -0.25) is 9.52 Å². The highest BCUT2D eigenvalue weighted by molar-refractivity contribution is 7.98. The van der Waals surface area contributed by atoms with E-state index in [2.05, 4.69) is 29.2 Å². The van der Waals surface area contributed by atoms with Gasteiger partial charge in [-0.1, -0.05) is 25.8 Å². The minimum Gasteiger partial charge on any atom is -0.385 e. The Balaban J connectivity index is 1.71. The molecule has 0 unspecified atom stereocenters. The summed E-state index contributed by atoms with van der Waals surface area (Å²) >= 11 is 1.86. The van der Waals surface area contributed by atoms with Crippen LogP contribution >= 0.6 is 11.9 Å². The standard InChI is InChI=1S/C20H33N3OS/c1-14(2)22-20(24)17-7-11-18(12-8-17)21-13-16-5-9-19(10-6-16)23-25-15(3)4/h7-8,11-12,14-16,19,21,23H,5-6,9-10,13H2,1-4H3,(H,22,24)/t16-,19-. The summed E-state index contributed by atoms with van der Waals surface area (Å²) in [5.41, 5.74) is 1.81. The highest BCUT2D eigenvalue weighted by Crippen LogP contribution is 2.26. The molecule has 0 aromatic heterocycles. The molecule has 0 saturated heterocycles. The molecule has 25 heavy (non-hydrogen) atoms. The molecule has 4 nitrogen and oxygen atoms in total. The first-order valence-corrected chi connectivity index (χ1v) is 10.4. The van der Waals surface area contributed by atoms with Gasteiger partial charge in [-0.15, -0.1) is 0 Å². The lowest BCUT2D eigenvalue weighted by Crippen LogP contribution is -2.31. The van der Waals surface area contributed by atoms with E-state index in [1.165, 1.54) is 25.7 Å². The Labute approximate surface area is 157 Å². The summed E-state index contributed by atoms with van der Waals surface area (Å²) in [7, 11) is 0. The Morgan fingerprint density at radius 3 is 2.28 bits per heavy atom. The molecule has 0 atom stereocenters. The van der Waals surface area contributed by atoms with E-state index in [0.717, 1.165) is 18.2 Å². The molecule has 1 aliphatic carbocycles. The third-order valence-electron chi connectivity index (χ3n) is 4.48. The minimum absolute atomic E-state index is 0.00774. The molecule has 1 aliphatic rings. The maximum Gasteiger partial charge on any atom is 0.251 e. The normalized spacial score (nSPS) is 20.7. The van der Waals surface area contributed by atoms with Crippen molar-refractivity contribution >= 4 is 23.5 Å². The molecule has 5 heteroatoms. The number of rotatable bonds is 8. The fourth-order valence-electron chi connectivity index (χ4n) is 3.06. The number of carbonyl (C=O) groups is 1. The van der Waals surface area contributed by atoms with Crippen LogP contribution in [0.2, 0.25) is 0 Å². The Bertz CT molecular complexity index is 522. The van der Waals surface area contributed by atoms with Crippen molar-refractivity contribution in [3.63, 3.8) is 0 Å². The van der Waals surface area contributed by atoms with Gasteiger partial charge in [-0.05, 0) is 69.7 Å². The van der Waals surface area contributed by atoms with Gasteiger partial charge in [-0.25, -0.2) is 0 Å². The maximum absolute atomic E-state index is 12.0. The second kappa shape index (κ2) is 10.1. The predicted molar refractivity (Wildman–Crippen MR) is 109 cm³/mol. The van der Waals surface area contributed by atoms with Crippen LogP contribution in [-0.4, -0.2) is 29.8 Å². The molecule has 0 aliphatic heterocycles. The molecule has 1 saturated carbocycles. The van der Waals surface area contributed by atoms with Crippen molar-refractivity contribution in [2.24, 2.45) is 5.92 Å². The summed E-state index contributed by atoms with van der Waals surface area (Å²) < 4.78 is 3.60. The van der Waals surface area contributed by atoms with Crippen molar-refractivity contribution in [1.29, 1.82) is 0 Å². The molecule has 2 rings (SSSR count). The van der Waals surface area contributed by atoms with Crippen LogP contribution in [0.15, 0.2) is 24.3 Å². The minimum atomic E-state index is -0.00774. The molecule has 0 heterocycles. The highest BCUT2D eigenvalue weighted by atomic mass is 32.2. The van der Waals surface area contributed by atoms with Gasteiger partial charge in [0.25, 0.3) is 5.91 Å². The summed E-state index contributed by atoms with van der Waals surface area (Å²) in [5, 5.41) is 7.09. The van der Waals surface area contributed by atoms with Gasteiger partial charge in [0.1, 0.15) is 0 Å². The van der Waals surface area contributed by atoms with Crippen LogP contribution in [-0.2, 0) is 0 Å². The van der Waals surface area contributed by atoms with Crippen molar-refractivity contribution in [3.8, 4) is 0 Å². The van der Waals surface area contributed by atoms with Gasteiger partial charge in [0.15, 0.2) is 0 Å². The quantitative estimate of drug-likeness (QED) is 0.598. The number of amides is 1. The lowest BCUT2D eigenvalue weighted by Gasteiger charge is -2.29. The Kier molecular flexibility index (Phi) is 8.10. The molecule has 1 fully saturated rings. The van der Waals surface area contributed by atoms with Gasteiger partial charge in [0.2, 0.25) is 0 Å². The number of hydrogen-bond donors (Lipinski definition) is 3. The van der Waals surface area contributed by atoms with Crippen molar-refractivity contribution in [2.45, 2.75) is 70.7 Å². The smallest absolute Gasteiger partial charge is 0.251 e. The van der Waals surface area contributed by atoms with Crippen LogP contribution in [0, 0.1) is 5.92 Å². The van der Waals surface area contributed by atoms with Crippen LogP contribution < -0.4 is 15.4 Å². The fourth-order valence-corrected chi connectivity index (χ4v) is 3.76. The Morgan fingerprint density at radius 1 is 1.08 bits per heavy atom. The number of benzene rings is 1. The molecule has 0 bridgehead atoms. The zero-order chi connectivity index (χ0) is 18.2. The predicted octanol–water partition coefficient (Wildman–Crippen LogP) is 4.44. The number of nitrogens with one attached hydrogen (secondary N) is 3. The van der Waals surface area contributed by atoms with E-state index in [1.807, 2.05) is 50.1 Å². The van der Waals surface area contributed by atoms with Gasteiger partial charge in [0, 0.05) is 35.1 Å². The highest BCUT2D eigenvalue weighted by Gasteiger charge is 2.21. The Morgan fingerprint density at radius 2 is 1.72 bits per heavy atom. The van der Waals surface area contributed by atoms with Gasteiger partial charge >= 0.3 is 0 Å². The number of carbonyl (C=O) groups excluding carboxylic acids is 1. The first kappa shape index (κ1) is 20.1. The molecular formula is C20H33N3OS. The summed E-state index contributed by atoms with van der Waals surface area (Å²) in [6, 6.07) is 8.62. The number of anilines is 1. The van der Waals surface area contributed by atoms with E-state index in [0.29, 0.717) is 16.9 Å². The molecule has 1 amide bonds. The maximum atomic E-state index is 12.0. The molecule has 0 radical (unpaired) electrons. The first-order chi connectivity index (χ1) is 11.9. The van der Waals surface area contributed by atoms with Crippen LogP contribution in [0.5, 0.6) is 0 Å². The Hall–Kier alpha value is -1.20. The molecule has 1 aromatic rings. The van der Waals surface area contributed by atoms with Crippen molar-refractivity contribution < 1.29 is 4.79 Å². The number of hydrogen-bond acceptors (Lipinski definition) is 4. The monoisotopic (exact) mass is 363 g/mol. The van der Waals surface area contributed by atoms with E-state index < -0.39 is 0 Å². The van der Waals surface area contributed by atoms with Crippen molar-refractivity contribution in [1.82, 2.24) is 10.0 Å². The second-order valence-corrected chi connectivity index (χ2v) is 9.00. The summed E-state index contributed by atoms with van der Waals surface area (Å²) in [5.74, 6) is 0.734. The largest absolute Gasteiger partial charge is 0.385 e.